The highest BCUT2D eigenvalue weighted by molar-refractivity contribution is 7.99. The standard InChI is InChI=1S/C18H19O3PS/c1-18(22-21,17(19)20)15(12-14-8-4-2-5-9-14)13-23-16-10-6-3-7-11-16/h2-11,15H,12-13H2,1H3,(H,19,20). The Balaban J connectivity index is 2.20. The number of carboxylic acids is 1. The van der Waals surface area contributed by atoms with Crippen LogP contribution in [0.1, 0.15) is 12.5 Å². The fourth-order valence-corrected chi connectivity index (χ4v) is 4.05. The van der Waals surface area contributed by atoms with Crippen LogP contribution in [0.5, 0.6) is 0 Å². The zero-order chi connectivity index (χ0) is 16.7. The molecule has 5 heteroatoms. The quantitative estimate of drug-likeness (QED) is 0.552. The Hall–Kier alpha value is -1.64. The first-order valence-corrected chi connectivity index (χ1v) is 9.15. The van der Waals surface area contributed by atoms with Gasteiger partial charge in [0.25, 0.3) is 0 Å². The first-order chi connectivity index (χ1) is 11.1. The summed E-state index contributed by atoms with van der Waals surface area (Å²) >= 11 is 1.60. The lowest BCUT2D eigenvalue weighted by atomic mass is 9.88. The fraction of sp³-hybridized carbons (Fsp3) is 0.278. The monoisotopic (exact) mass is 346 g/mol. The molecular weight excluding hydrogens is 327 g/mol. The minimum Gasteiger partial charge on any atom is -0.480 e. The van der Waals surface area contributed by atoms with E-state index < -0.39 is 11.1 Å². The van der Waals surface area contributed by atoms with E-state index in [4.69, 9.17) is 0 Å². The summed E-state index contributed by atoms with van der Waals surface area (Å²) in [5.74, 6) is -0.674. The van der Waals surface area contributed by atoms with Gasteiger partial charge in [0.2, 0.25) is 0 Å². The van der Waals surface area contributed by atoms with E-state index in [0.717, 1.165) is 10.5 Å². The van der Waals surface area contributed by atoms with Crippen molar-refractivity contribution in [3.8, 4) is 0 Å². The maximum atomic E-state index is 11.7. The summed E-state index contributed by atoms with van der Waals surface area (Å²) in [6, 6.07) is 19.6. The van der Waals surface area contributed by atoms with Gasteiger partial charge in [0, 0.05) is 10.6 Å². The number of benzene rings is 2. The second-order valence-electron chi connectivity index (χ2n) is 5.55. The van der Waals surface area contributed by atoms with Gasteiger partial charge < -0.3 is 5.11 Å². The maximum absolute atomic E-state index is 11.7. The predicted molar refractivity (Wildman–Crippen MR) is 94.4 cm³/mol. The second-order valence-corrected chi connectivity index (χ2v) is 7.76. The van der Waals surface area contributed by atoms with Gasteiger partial charge in [-0.15, -0.1) is 11.8 Å². The molecule has 1 N–H and O–H groups in total. The van der Waals surface area contributed by atoms with Crippen molar-refractivity contribution < 1.29 is 14.5 Å². The Morgan fingerprint density at radius 1 is 1.13 bits per heavy atom. The van der Waals surface area contributed by atoms with Crippen LogP contribution in [-0.2, 0) is 15.8 Å². The molecule has 120 valence electrons. The molecule has 0 amide bonds. The summed E-state index contributed by atoms with van der Waals surface area (Å²) in [6.45, 7) is 1.56. The summed E-state index contributed by atoms with van der Waals surface area (Å²) in [4.78, 5) is 12.8. The van der Waals surface area contributed by atoms with Gasteiger partial charge in [0.1, 0.15) is 5.16 Å². The number of hydrogen-bond donors (Lipinski definition) is 1. The summed E-state index contributed by atoms with van der Waals surface area (Å²) in [6.07, 6.45) is 0.582. The van der Waals surface area contributed by atoms with Crippen LogP contribution in [0.2, 0.25) is 0 Å². The molecule has 0 heterocycles. The first kappa shape index (κ1) is 17.7. The van der Waals surface area contributed by atoms with Crippen LogP contribution in [-0.4, -0.2) is 22.0 Å². The molecule has 0 radical (unpaired) electrons. The van der Waals surface area contributed by atoms with Gasteiger partial charge in [-0.2, -0.15) is 0 Å². The van der Waals surface area contributed by atoms with E-state index in [1.165, 1.54) is 0 Å². The van der Waals surface area contributed by atoms with Crippen LogP contribution in [0.3, 0.4) is 0 Å². The third-order valence-corrected chi connectivity index (χ3v) is 6.05. The third-order valence-electron chi connectivity index (χ3n) is 3.94. The van der Waals surface area contributed by atoms with Crippen LogP contribution in [0, 0.1) is 5.92 Å². The Bertz CT molecular complexity index is 648. The van der Waals surface area contributed by atoms with E-state index in [-0.39, 0.29) is 14.4 Å². The summed E-state index contributed by atoms with van der Waals surface area (Å²) in [5, 5.41) is 8.27. The topological polar surface area (TPSA) is 54.4 Å². The third kappa shape index (κ3) is 4.66. The molecule has 2 rings (SSSR count). The zero-order valence-corrected chi connectivity index (χ0v) is 14.6. The molecule has 2 atom stereocenters. The average molecular weight is 346 g/mol. The van der Waals surface area contributed by atoms with Gasteiger partial charge >= 0.3 is 5.97 Å². The first-order valence-electron chi connectivity index (χ1n) is 7.36. The summed E-state index contributed by atoms with van der Waals surface area (Å²) < 4.78 is 11.6. The molecule has 2 aromatic carbocycles. The normalized spacial score (nSPS) is 15.0. The zero-order valence-electron chi connectivity index (χ0n) is 12.9. The Morgan fingerprint density at radius 2 is 1.70 bits per heavy atom. The number of aliphatic carboxylic acids is 1. The van der Waals surface area contributed by atoms with E-state index in [0.29, 0.717) is 12.2 Å². The number of rotatable bonds is 8. The Kier molecular flexibility index (Phi) is 6.37. The van der Waals surface area contributed by atoms with Crippen molar-refractivity contribution >= 4 is 26.2 Å². The number of thioether (sulfide) groups is 1. The summed E-state index contributed by atoms with van der Waals surface area (Å²) in [7, 11) is -0.351. The van der Waals surface area contributed by atoms with Gasteiger partial charge in [-0.3, -0.25) is 9.36 Å². The maximum Gasteiger partial charge on any atom is 0.321 e. The Labute approximate surface area is 142 Å². The van der Waals surface area contributed by atoms with Gasteiger partial charge in [-0.1, -0.05) is 48.5 Å². The molecule has 0 aliphatic carbocycles. The van der Waals surface area contributed by atoms with Gasteiger partial charge in [0.05, 0.1) is 0 Å². The SMILES string of the molecule is CC(P=O)(C(=O)O)C(CSc1ccccc1)Cc1ccccc1. The molecule has 3 nitrogen and oxygen atoms in total. The molecule has 0 fully saturated rings. The molecule has 0 spiro atoms. The van der Waals surface area contributed by atoms with Crippen molar-refractivity contribution in [2.24, 2.45) is 5.92 Å². The van der Waals surface area contributed by atoms with Crippen LogP contribution in [0.25, 0.3) is 0 Å². The van der Waals surface area contributed by atoms with Crippen LogP contribution < -0.4 is 0 Å². The summed E-state index contributed by atoms with van der Waals surface area (Å²) in [5.41, 5.74) is 1.06. The molecule has 0 aliphatic heterocycles. The minimum absolute atomic E-state index is 0.244. The molecule has 2 aromatic rings. The lowest BCUT2D eigenvalue weighted by molar-refractivity contribution is -0.140. The van der Waals surface area contributed by atoms with Gasteiger partial charge in [0.15, 0.2) is 8.46 Å². The van der Waals surface area contributed by atoms with Crippen LogP contribution in [0.15, 0.2) is 65.6 Å². The van der Waals surface area contributed by atoms with Crippen molar-refractivity contribution in [2.75, 3.05) is 5.75 Å². The Morgan fingerprint density at radius 3 is 2.22 bits per heavy atom. The van der Waals surface area contributed by atoms with Crippen molar-refractivity contribution in [3.63, 3.8) is 0 Å². The average Bonchev–Trinajstić information content (AvgIpc) is 2.59. The van der Waals surface area contributed by atoms with E-state index in [1.54, 1.807) is 18.7 Å². The van der Waals surface area contributed by atoms with Gasteiger partial charge in [-0.05, 0) is 37.0 Å². The lowest BCUT2D eigenvalue weighted by Crippen LogP contribution is -2.40. The van der Waals surface area contributed by atoms with Crippen molar-refractivity contribution in [1.82, 2.24) is 0 Å². The molecular formula is C18H19O3PS. The number of hydrogen-bond acceptors (Lipinski definition) is 3. The number of carbonyl (C=O) groups is 1. The van der Waals surface area contributed by atoms with Crippen LogP contribution >= 0.6 is 20.2 Å². The molecule has 0 aromatic heterocycles. The molecule has 23 heavy (non-hydrogen) atoms. The van der Waals surface area contributed by atoms with E-state index in [9.17, 15) is 14.5 Å². The molecule has 0 saturated heterocycles. The minimum atomic E-state index is -1.29. The molecule has 2 unspecified atom stereocenters. The van der Waals surface area contributed by atoms with Crippen LogP contribution in [0.4, 0.5) is 0 Å². The largest absolute Gasteiger partial charge is 0.480 e. The smallest absolute Gasteiger partial charge is 0.321 e. The molecule has 0 aliphatic rings. The highest BCUT2D eigenvalue weighted by atomic mass is 32.2. The van der Waals surface area contributed by atoms with Gasteiger partial charge in [-0.25, -0.2) is 0 Å². The van der Waals surface area contributed by atoms with Crippen molar-refractivity contribution in [2.45, 2.75) is 23.4 Å². The van der Waals surface area contributed by atoms with Crippen molar-refractivity contribution in [3.05, 3.63) is 66.2 Å². The van der Waals surface area contributed by atoms with E-state index >= 15 is 0 Å². The highest BCUT2D eigenvalue weighted by Gasteiger charge is 2.42. The second kappa shape index (κ2) is 8.28. The molecule has 0 saturated carbocycles. The predicted octanol–water partition coefficient (Wildman–Crippen LogP) is 4.77. The molecule has 0 bridgehead atoms. The van der Waals surface area contributed by atoms with E-state index in [2.05, 4.69) is 0 Å². The highest BCUT2D eigenvalue weighted by Crippen LogP contribution is 2.37. The lowest BCUT2D eigenvalue weighted by Gasteiger charge is -2.28. The van der Waals surface area contributed by atoms with Crippen molar-refractivity contribution in [1.29, 1.82) is 0 Å². The van der Waals surface area contributed by atoms with E-state index in [1.807, 2.05) is 60.7 Å². The number of carboxylic acid groups (broad SMARTS) is 1. The fourth-order valence-electron chi connectivity index (χ4n) is 2.32.